The predicted octanol–water partition coefficient (Wildman–Crippen LogP) is 14.5. The number of fused-ring (bicyclic) bond motifs is 9. The molecule has 2 aliphatic rings. The number of nitrogens with zero attached hydrogens (tertiary/aromatic N) is 2. The Morgan fingerprint density at radius 3 is 1.32 bits per heavy atom. The molecule has 0 spiro atoms. The van der Waals surface area contributed by atoms with Crippen molar-refractivity contribution in [3.8, 4) is 34.1 Å². The van der Waals surface area contributed by atoms with Gasteiger partial charge in [0.25, 0.3) is 6.71 Å². The molecule has 2 aliphatic heterocycles. The monoisotopic (exact) mass is 830 g/mol. The zero-order valence-corrected chi connectivity index (χ0v) is 35.3. The maximum absolute atomic E-state index is 7.14. The van der Waals surface area contributed by atoms with Gasteiger partial charge in [0.2, 0.25) is 0 Å². The van der Waals surface area contributed by atoms with Crippen LogP contribution in [0.2, 0.25) is 0 Å². The van der Waals surface area contributed by atoms with Crippen molar-refractivity contribution in [3.63, 3.8) is 0 Å². The van der Waals surface area contributed by atoms with Gasteiger partial charge < -0.3 is 19.3 Å². The van der Waals surface area contributed by atoms with Crippen LogP contribution < -0.4 is 35.7 Å². The number of para-hydroxylation sites is 3. The highest BCUT2D eigenvalue weighted by molar-refractivity contribution is 7.01. The highest BCUT2D eigenvalue weighted by Crippen LogP contribution is 2.49. The van der Waals surface area contributed by atoms with E-state index in [1.807, 2.05) is 6.07 Å². The van der Waals surface area contributed by atoms with E-state index < -0.39 is 0 Å². The van der Waals surface area contributed by atoms with Crippen molar-refractivity contribution in [1.82, 2.24) is 0 Å². The Balaban J connectivity index is 1.07. The summed E-state index contributed by atoms with van der Waals surface area (Å²) in [5.74, 6) is 3.27. The van der Waals surface area contributed by atoms with Crippen molar-refractivity contribution >= 4 is 89.5 Å². The molecule has 0 aromatic heterocycles. The van der Waals surface area contributed by atoms with Gasteiger partial charge in [-0.25, -0.2) is 0 Å². The summed E-state index contributed by atoms with van der Waals surface area (Å²) in [6.07, 6.45) is 0. The van der Waals surface area contributed by atoms with Crippen molar-refractivity contribution in [2.24, 2.45) is 0 Å². The van der Waals surface area contributed by atoms with E-state index in [-0.39, 0.29) is 6.71 Å². The van der Waals surface area contributed by atoms with E-state index in [1.54, 1.807) is 0 Å². The first kappa shape index (κ1) is 37.1. The van der Waals surface area contributed by atoms with Crippen molar-refractivity contribution in [2.75, 3.05) is 9.80 Å². The van der Waals surface area contributed by atoms with Crippen LogP contribution >= 0.6 is 0 Å². The normalized spacial score (nSPS) is 12.2. The lowest BCUT2D eigenvalue weighted by Crippen LogP contribution is -2.58. The molecular weight excluding hydrogens is 791 g/mol. The van der Waals surface area contributed by atoms with E-state index in [1.165, 1.54) is 10.8 Å². The molecule has 0 N–H and O–H groups in total. The topological polar surface area (TPSA) is 24.9 Å². The van der Waals surface area contributed by atoms with E-state index in [4.69, 9.17) is 9.47 Å². The van der Waals surface area contributed by atoms with Gasteiger partial charge in [-0.1, -0.05) is 176 Å². The zero-order valence-electron chi connectivity index (χ0n) is 35.3. The number of anilines is 6. The second kappa shape index (κ2) is 15.1. The Labute approximate surface area is 377 Å². The van der Waals surface area contributed by atoms with Crippen molar-refractivity contribution < 1.29 is 9.47 Å². The second-order valence-electron chi connectivity index (χ2n) is 16.7. The fourth-order valence-electron chi connectivity index (χ4n) is 10.4. The molecule has 0 saturated carbocycles. The number of benzene rings is 11. The summed E-state index contributed by atoms with van der Waals surface area (Å²) in [5, 5.41) is 6.89. The van der Waals surface area contributed by atoms with Crippen LogP contribution in [0.4, 0.5) is 34.1 Å². The van der Waals surface area contributed by atoms with E-state index in [9.17, 15) is 0 Å². The maximum atomic E-state index is 7.14. The minimum absolute atomic E-state index is 0.184. The fourth-order valence-corrected chi connectivity index (χ4v) is 10.4. The van der Waals surface area contributed by atoms with Crippen LogP contribution in [0.5, 0.6) is 23.0 Å². The first-order chi connectivity index (χ1) is 32.3. The smallest absolute Gasteiger partial charge is 0.262 e. The lowest BCUT2D eigenvalue weighted by atomic mass is 9.33. The molecule has 0 atom stereocenters. The summed E-state index contributed by atoms with van der Waals surface area (Å²) >= 11 is 0. The van der Waals surface area contributed by atoms with Crippen molar-refractivity contribution in [1.29, 1.82) is 0 Å². The largest absolute Gasteiger partial charge is 0.458 e. The summed E-state index contributed by atoms with van der Waals surface area (Å²) in [6, 6.07) is 84.3. The van der Waals surface area contributed by atoms with Crippen LogP contribution in [0.1, 0.15) is 0 Å². The maximum Gasteiger partial charge on any atom is 0.262 e. The molecule has 65 heavy (non-hydrogen) atoms. The van der Waals surface area contributed by atoms with Crippen molar-refractivity contribution in [2.45, 2.75) is 0 Å². The minimum Gasteiger partial charge on any atom is -0.458 e. The molecule has 13 rings (SSSR count). The number of hydrogen-bond donors (Lipinski definition) is 0. The zero-order chi connectivity index (χ0) is 42.8. The van der Waals surface area contributed by atoms with E-state index in [0.717, 1.165) is 106 Å². The second-order valence-corrected chi connectivity index (χ2v) is 16.7. The van der Waals surface area contributed by atoms with Crippen LogP contribution in [-0.2, 0) is 0 Å². The Morgan fingerprint density at radius 2 is 0.723 bits per heavy atom. The van der Waals surface area contributed by atoms with E-state index >= 15 is 0 Å². The molecular formula is C60H39BN2O2. The first-order valence-electron chi connectivity index (χ1n) is 22.2. The highest BCUT2D eigenvalue weighted by Gasteiger charge is 2.43. The molecule has 11 aromatic carbocycles. The third-order valence-electron chi connectivity index (χ3n) is 13.1. The minimum atomic E-state index is -0.184. The van der Waals surface area contributed by atoms with Crippen LogP contribution in [0.3, 0.4) is 0 Å². The molecule has 4 nitrogen and oxygen atoms in total. The summed E-state index contributed by atoms with van der Waals surface area (Å²) in [7, 11) is 0. The van der Waals surface area contributed by atoms with Gasteiger partial charge in [0.1, 0.15) is 23.0 Å². The van der Waals surface area contributed by atoms with Gasteiger partial charge in [0.05, 0.1) is 22.7 Å². The highest BCUT2D eigenvalue weighted by atomic mass is 16.5. The van der Waals surface area contributed by atoms with Crippen LogP contribution in [-0.4, -0.2) is 6.71 Å². The molecule has 2 heterocycles. The average Bonchev–Trinajstić information content (AvgIpc) is 3.37. The van der Waals surface area contributed by atoms with Crippen LogP contribution in [0.25, 0.3) is 43.4 Å². The molecule has 11 aromatic rings. The lowest BCUT2D eigenvalue weighted by Gasteiger charge is -2.37. The van der Waals surface area contributed by atoms with Gasteiger partial charge in [-0.3, -0.25) is 0 Å². The SMILES string of the molecule is c1ccc(-c2ccccc2N(c2ccccc2)c2cc3c(c4ccccc24)B2c4c(cccc4Oc4cc(N(c5ccccc5)c5cccc6ccccc56)c5ccccc5c42)O3)cc1. The first-order valence-corrected chi connectivity index (χ1v) is 22.2. The standard InChI is InChI=1S/C60H39BN2O2/c1-4-20-40(21-5-1)44-29-16-17-34-50(44)62(42-24-6-2-7-25-42)52-38-56-58(48-32-14-12-30-46(48)52)61-59-49-33-15-13-31-47(49)53(39-57(59)65-55-37-19-36-54(64-56)60(55)61)63(43-26-8-3-9-27-43)51-35-18-23-41-22-10-11-28-45(41)51/h1-39H. The molecule has 0 bridgehead atoms. The van der Waals surface area contributed by atoms with Gasteiger partial charge >= 0.3 is 0 Å². The number of rotatable bonds is 7. The summed E-state index contributed by atoms with van der Waals surface area (Å²) in [6.45, 7) is -0.184. The Morgan fingerprint density at radius 1 is 0.292 bits per heavy atom. The van der Waals surface area contributed by atoms with E-state index in [0.29, 0.717) is 0 Å². The molecule has 0 amide bonds. The molecule has 0 radical (unpaired) electrons. The number of hydrogen-bond acceptors (Lipinski definition) is 4. The fraction of sp³-hybridized carbons (Fsp3) is 0. The summed E-state index contributed by atoms with van der Waals surface area (Å²) in [4.78, 5) is 4.79. The number of ether oxygens (including phenoxy) is 2. The predicted molar refractivity (Wildman–Crippen MR) is 271 cm³/mol. The third-order valence-corrected chi connectivity index (χ3v) is 13.1. The lowest BCUT2D eigenvalue weighted by molar-refractivity contribution is 0.465. The third kappa shape index (κ3) is 5.93. The van der Waals surface area contributed by atoms with Gasteiger partial charge in [0, 0.05) is 50.7 Å². The molecule has 304 valence electrons. The Hall–Kier alpha value is -8.54. The summed E-state index contributed by atoms with van der Waals surface area (Å²) in [5.41, 5.74) is 12.0. The van der Waals surface area contributed by atoms with Gasteiger partial charge in [-0.05, 0) is 81.2 Å². The molecule has 0 saturated heterocycles. The Kier molecular flexibility index (Phi) is 8.60. The molecule has 0 aliphatic carbocycles. The average molecular weight is 831 g/mol. The van der Waals surface area contributed by atoms with Gasteiger partial charge in [-0.15, -0.1) is 0 Å². The van der Waals surface area contributed by atoms with Crippen molar-refractivity contribution in [3.05, 3.63) is 237 Å². The summed E-state index contributed by atoms with van der Waals surface area (Å²) < 4.78 is 14.3. The van der Waals surface area contributed by atoms with Crippen LogP contribution in [0.15, 0.2) is 237 Å². The van der Waals surface area contributed by atoms with E-state index in [2.05, 4.69) is 240 Å². The Bertz CT molecular complexity index is 3630. The quantitative estimate of drug-likeness (QED) is 0.149. The molecule has 0 unspecified atom stereocenters. The van der Waals surface area contributed by atoms with Crippen LogP contribution in [0, 0.1) is 0 Å². The molecule has 0 fully saturated rings. The van der Waals surface area contributed by atoms with Gasteiger partial charge in [0.15, 0.2) is 0 Å². The molecule has 5 heteroatoms. The van der Waals surface area contributed by atoms with Gasteiger partial charge in [-0.2, -0.15) is 0 Å².